The lowest BCUT2D eigenvalue weighted by atomic mass is 10.2. The summed E-state index contributed by atoms with van der Waals surface area (Å²) in [6.45, 7) is -0.557. The number of hydrogen-bond donors (Lipinski definition) is 1. The van der Waals surface area contributed by atoms with E-state index in [0.717, 1.165) is 18.7 Å². The zero-order valence-electron chi connectivity index (χ0n) is 11.5. The highest BCUT2D eigenvalue weighted by Crippen LogP contribution is 2.20. The normalized spacial score (nSPS) is 15.9. The van der Waals surface area contributed by atoms with Crippen molar-refractivity contribution in [1.82, 2.24) is 5.32 Å². The van der Waals surface area contributed by atoms with Gasteiger partial charge in [-0.2, -0.15) is 8.78 Å². The Balaban J connectivity index is 1.58. The molecule has 1 aliphatic carbocycles. The minimum atomic E-state index is -2.77. The Morgan fingerprint density at radius 3 is 2.50 bits per heavy atom. The maximum atomic E-state index is 12.0. The van der Waals surface area contributed by atoms with Gasteiger partial charge in [0, 0.05) is 13.1 Å². The fourth-order valence-corrected chi connectivity index (χ4v) is 2.37. The fourth-order valence-electron chi connectivity index (χ4n) is 2.37. The van der Waals surface area contributed by atoms with Crippen LogP contribution in [0.4, 0.5) is 8.78 Å². The average molecular weight is 285 g/mol. The van der Waals surface area contributed by atoms with Crippen molar-refractivity contribution in [3.8, 4) is 5.75 Å². The average Bonchev–Trinajstić information content (AvgIpc) is 2.93. The second-order valence-corrected chi connectivity index (χ2v) is 4.98. The van der Waals surface area contributed by atoms with Crippen molar-refractivity contribution < 1.29 is 18.3 Å². The van der Waals surface area contributed by atoms with Crippen LogP contribution in [-0.4, -0.2) is 25.9 Å². The zero-order chi connectivity index (χ0) is 14.2. The van der Waals surface area contributed by atoms with Crippen molar-refractivity contribution in [2.75, 3.05) is 13.2 Å². The first-order valence-corrected chi connectivity index (χ1v) is 7.10. The van der Waals surface area contributed by atoms with Crippen molar-refractivity contribution in [3.05, 3.63) is 29.8 Å². The molecule has 1 saturated carbocycles. The summed E-state index contributed by atoms with van der Waals surface area (Å²) in [5, 5.41) is 3.27. The second kappa shape index (κ2) is 8.17. The minimum absolute atomic E-state index is 0.188. The van der Waals surface area contributed by atoms with E-state index >= 15 is 0 Å². The third kappa shape index (κ3) is 5.43. The number of hydrogen-bond acceptors (Lipinski definition) is 3. The van der Waals surface area contributed by atoms with Gasteiger partial charge in [-0.05, 0) is 30.5 Å². The van der Waals surface area contributed by atoms with E-state index in [4.69, 9.17) is 4.74 Å². The molecule has 1 aromatic rings. The van der Waals surface area contributed by atoms with E-state index in [2.05, 4.69) is 10.1 Å². The first-order valence-electron chi connectivity index (χ1n) is 7.10. The van der Waals surface area contributed by atoms with Crippen molar-refractivity contribution in [3.63, 3.8) is 0 Å². The van der Waals surface area contributed by atoms with Crippen LogP contribution in [0, 0.1) is 0 Å². The monoisotopic (exact) mass is 285 g/mol. The molecule has 0 bridgehead atoms. The molecule has 0 atom stereocenters. The van der Waals surface area contributed by atoms with Crippen molar-refractivity contribution in [1.29, 1.82) is 0 Å². The second-order valence-electron chi connectivity index (χ2n) is 4.98. The third-order valence-electron chi connectivity index (χ3n) is 3.41. The molecule has 0 heterocycles. The summed E-state index contributed by atoms with van der Waals surface area (Å²) in [5.41, 5.74) is 1.03. The molecule has 0 unspecified atom stereocenters. The number of benzene rings is 1. The van der Waals surface area contributed by atoms with E-state index in [9.17, 15) is 8.78 Å². The molecule has 0 saturated heterocycles. The summed E-state index contributed by atoms with van der Waals surface area (Å²) in [4.78, 5) is 0. The summed E-state index contributed by atoms with van der Waals surface area (Å²) in [5.74, 6) is 0.188. The number of rotatable bonds is 8. The number of nitrogens with one attached hydrogen (secondary N) is 1. The molecule has 5 heteroatoms. The van der Waals surface area contributed by atoms with Crippen LogP contribution in [0.15, 0.2) is 24.3 Å². The van der Waals surface area contributed by atoms with E-state index < -0.39 is 6.61 Å². The Morgan fingerprint density at radius 1 is 1.15 bits per heavy atom. The molecule has 0 radical (unpaired) electrons. The number of alkyl halides is 2. The summed E-state index contributed by atoms with van der Waals surface area (Å²) in [7, 11) is 0. The molecular formula is C15H21F2NO2. The molecule has 1 aromatic carbocycles. The van der Waals surface area contributed by atoms with Crippen LogP contribution < -0.4 is 10.1 Å². The van der Waals surface area contributed by atoms with Crippen molar-refractivity contribution in [2.45, 2.75) is 44.9 Å². The molecule has 0 spiro atoms. The van der Waals surface area contributed by atoms with Gasteiger partial charge in [-0.25, -0.2) is 0 Å². The van der Waals surface area contributed by atoms with E-state index in [1.807, 2.05) is 0 Å². The van der Waals surface area contributed by atoms with Gasteiger partial charge in [0.1, 0.15) is 5.75 Å². The Hall–Kier alpha value is -1.20. The standard InChI is InChI=1S/C15H21F2NO2/c16-15(17)20-14-7-5-12(6-8-14)11-18-9-10-19-13-3-1-2-4-13/h5-8,13,15,18H,1-4,9-11H2. The molecule has 2 rings (SSSR count). The van der Waals surface area contributed by atoms with E-state index in [-0.39, 0.29) is 5.75 Å². The largest absolute Gasteiger partial charge is 0.435 e. The van der Waals surface area contributed by atoms with Gasteiger partial charge in [0.05, 0.1) is 12.7 Å². The lowest BCUT2D eigenvalue weighted by Crippen LogP contribution is -2.21. The van der Waals surface area contributed by atoms with Gasteiger partial charge in [0.2, 0.25) is 0 Å². The highest BCUT2D eigenvalue weighted by Gasteiger charge is 2.14. The molecule has 1 N–H and O–H groups in total. The highest BCUT2D eigenvalue weighted by molar-refractivity contribution is 5.27. The molecule has 0 amide bonds. The van der Waals surface area contributed by atoms with E-state index in [0.29, 0.717) is 12.6 Å². The predicted octanol–water partition coefficient (Wildman–Crippen LogP) is 3.34. The van der Waals surface area contributed by atoms with Gasteiger partial charge in [0.15, 0.2) is 0 Å². The summed E-state index contributed by atoms with van der Waals surface area (Å²) < 4.78 is 34.0. The minimum Gasteiger partial charge on any atom is -0.435 e. The number of halogens is 2. The molecule has 3 nitrogen and oxygen atoms in total. The van der Waals surface area contributed by atoms with E-state index in [1.54, 1.807) is 24.3 Å². The highest BCUT2D eigenvalue weighted by atomic mass is 19.3. The number of ether oxygens (including phenoxy) is 2. The smallest absolute Gasteiger partial charge is 0.387 e. The quantitative estimate of drug-likeness (QED) is 0.743. The lowest BCUT2D eigenvalue weighted by Gasteiger charge is -2.11. The first-order chi connectivity index (χ1) is 9.74. The van der Waals surface area contributed by atoms with Gasteiger partial charge in [-0.3, -0.25) is 0 Å². The first kappa shape index (κ1) is 15.2. The van der Waals surface area contributed by atoms with Crippen LogP contribution in [0.25, 0.3) is 0 Å². The third-order valence-corrected chi connectivity index (χ3v) is 3.41. The fraction of sp³-hybridized carbons (Fsp3) is 0.600. The van der Waals surface area contributed by atoms with Gasteiger partial charge >= 0.3 is 6.61 Å². The zero-order valence-corrected chi connectivity index (χ0v) is 11.5. The van der Waals surface area contributed by atoms with Crippen LogP contribution in [0.2, 0.25) is 0 Å². The SMILES string of the molecule is FC(F)Oc1ccc(CNCCOC2CCCC2)cc1. The maximum absolute atomic E-state index is 12.0. The van der Waals surface area contributed by atoms with Gasteiger partial charge < -0.3 is 14.8 Å². The summed E-state index contributed by atoms with van der Waals surface area (Å²) >= 11 is 0. The van der Waals surface area contributed by atoms with Crippen LogP contribution in [0.3, 0.4) is 0 Å². The Bertz CT molecular complexity index is 378. The topological polar surface area (TPSA) is 30.5 Å². The van der Waals surface area contributed by atoms with Crippen LogP contribution >= 0.6 is 0 Å². The van der Waals surface area contributed by atoms with Crippen LogP contribution in [0.1, 0.15) is 31.2 Å². The summed E-state index contributed by atoms with van der Waals surface area (Å²) in [6.07, 6.45) is 5.38. The summed E-state index contributed by atoms with van der Waals surface area (Å²) in [6, 6.07) is 6.67. The Labute approximate surface area is 118 Å². The Morgan fingerprint density at radius 2 is 1.85 bits per heavy atom. The molecule has 1 fully saturated rings. The van der Waals surface area contributed by atoms with Crippen molar-refractivity contribution >= 4 is 0 Å². The molecular weight excluding hydrogens is 264 g/mol. The van der Waals surface area contributed by atoms with Gasteiger partial charge in [-0.1, -0.05) is 25.0 Å². The lowest BCUT2D eigenvalue weighted by molar-refractivity contribution is -0.0498. The molecule has 1 aliphatic rings. The van der Waals surface area contributed by atoms with Crippen LogP contribution in [0.5, 0.6) is 5.75 Å². The predicted molar refractivity (Wildman–Crippen MR) is 73.0 cm³/mol. The molecule has 0 aliphatic heterocycles. The van der Waals surface area contributed by atoms with Crippen LogP contribution in [-0.2, 0) is 11.3 Å². The molecule has 0 aromatic heterocycles. The van der Waals surface area contributed by atoms with E-state index in [1.165, 1.54) is 25.7 Å². The van der Waals surface area contributed by atoms with Gasteiger partial charge in [0.25, 0.3) is 0 Å². The molecule has 20 heavy (non-hydrogen) atoms. The maximum Gasteiger partial charge on any atom is 0.387 e. The van der Waals surface area contributed by atoms with Gasteiger partial charge in [-0.15, -0.1) is 0 Å². The molecule has 112 valence electrons. The van der Waals surface area contributed by atoms with Crippen molar-refractivity contribution in [2.24, 2.45) is 0 Å². The Kier molecular flexibility index (Phi) is 6.21.